The van der Waals surface area contributed by atoms with Crippen molar-refractivity contribution in [1.29, 1.82) is 0 Å². The molecule has 0 spiro atoms. The van der Waals surface area contributed by atoms with Crippen molar-refractivity contribution in [1.82, 2.24) is 10.3 Å². The molecule has 0 fully saturated rings. The third-order valence-electron chi connectivity index (χ3n) is 4.53. The number of carbonyl (C=O) groups is 1. The minimum atomic E-state index is -0.196. The summed E-state index contributed by atoms with van der Waals surface area (Å²) >= 11 is 0. The quantitative estimate of drug-likeness (QED) is 0.661. The van der Waals surface area contributed by atoms with Gasteiger partial charge in [0.05, 0.1) is 7.11 Å². The molecular formula is C23H25N3O2. The van der Waals surface area contributed by atoms with Crippen LogP contribution in [-0.2, 0) is 6.54 Å². The van der Waals surface area contributed by atoms with Gasteiger partial charge in [-0.25, -0.2) is 0 Å². The second-order valence-corrected chi connectivity index (χ2v) is 6.51. The standard InChI is InChI=1S/C23H25N3O2/c1-4-26(19-7-5-6-17(2)14-19)20-12-13-24-22(15-20)23(27)25-16-18-8-10-21(28-3)11-9-18/h5-15H,4,16H2,1-3H3,(H,25,27). The lowest BCUT2D eigenvalue weighted by molar-refractivity contribution is 0.0946. The Morgan fingerprint density at radius 2 is 1.82 bits per heavy atom. The molecule has 0 aliphatic carbocycles. The predicted molar refractivity (Wildman–Crippen MR) is 112 cm³/mol. The lowest BCUT2D eigenvalue weighted by Crippen LogP contribution is -2.24. The van der Waals surface area contributed by atoms with Gasteiger partial charge in [-0.1, -0.05) is 24.3 Å². The average Bonchev–Trinajstić information content (AvgIpc) is 2.73. The fourth-order valence-electron chi connectivity index (χ4n) is 3.04. The summed E-state index contributed by atoms with van der Waals surface area (Å²) in [5, 5.41) is 2.92. The van der Waals surface area contributed by atoms with Crippen molar-refractivity contribution in [2.24, 2.45) is 0 Å². The van der Waals surface area contributed by atoms with Crippen molar-refractivity contribution in [2.45, 2.75) is 20.4 Å². The first-order valence-corrected chi connectivity index (χ1v) is 9.32. The van der Waals surface area contributed by atoms with E-state index in [0.29, 0.717) is 12.2 Å². The van der Waals surface area contributed by atoms with Gasteiger partial charge in [-0.05, 0) is 61.4 Å². The van der Waals surface area contributed by atoms with Crippen LogP contribution in [0.5, 0.6) is 5.75 Å². The number of pyridine rings is 1. The van der Waals surface area contributed by atoms with Crippen LogP contribution in [0.4, 0.5) is 11.4 Å². The van der Waals surface area contributed by atoms with E-state index in [0.717, 1.165) is 29.2 Å². The zero-order chi connectivity index (χ0) is 19.9. The monoisotopic (exact) mass is 375 g/mol. The third kappa shape index (κ3) is 4.68. The molecule has 1 N–H and O–H groups in total. The van der Waals surface area contributed by atoms with Crippen LogP contribution in [0.2, 0.25) is 0 Å². The second-order valence-electron chi connectivity index (χ2n) is 6.51. The van der Waals surface area contributed by atoms with E-state index in [1.54, 1.807) is 13.3 Å². The van der Waals surface area contributed by atoms with Crippen molar-refractivity contribution in [3.05, 3.63) is 83.7 Å². The van der Waals surface area contributed by atoms with Crippen molar-refractivity contribution < 1.29 is 9.53 Å². The summed E-state index contributed by atoms with van der Waals surface area (Å²) < 4.78 is 5.15. The SMILES string of the molecule is CCN(c1cccc(C)c1)c1ccnc(C(=O)NCc2ccc(OC)cc2)c1. The molecule has 0 atom stereocenters. The average molecular weight is 375 g/mol. The number of carbonyl (C=O) groups excluding carboxylic acids is 1. The maximum absolute atomic E-state index is 12.6. The van der Waals surface area contributed by atoms with Crippen LogP contribution in [0, 0.1) is 6.92 Å². The van der Waals surface area contributed by atoms with E-state index in [-0.39, 0.29) is 5.91 Å². The lowest BCUT2D eigenvalue weighted by Gasteiger charge is -2.24. The molecule has 5 nitrogen and oxygen atoms in total. The highest BCUT2D eigenvalue weighted by Gasteiger charge is 2.12. The zero-order valence-corrected chi connectivity index (χ0v) is 16.5. The second kappa shape index (κ2) is 9.04. The topological polar surface area (TPSA) is 54.5 Å². The summed E-state index contributed by atoms with van der Waals surface area (Å²) in [5.41, 5.74) is 4.64. The van der Waals surface area contributed by atoms with E-state index in [1.165, 1.54) is 5.56 Å². The van der Waals surface area contributed by atoms with E-state index >= 15 is 0 Å². The Kier molecular flexibility index (Phi) is 6.27. The van der Waals surface area contributed by atoms with Crippen molar-refractivity contribution in [3.8, 4) is 5.75 Å². The molecule has 144 valence electrons. The van der Waals surface area contributed by atoms with Gasteiger partial charge in [0.2, 0.25) is 0 Å². The smallest absolute Gasteiger partial charge is 0.270 e. The maximum Gasteiger partial charge on any atom is 0.270 e. The zero-order valence-electron chi connectivity index (χ0n) is 16.5. The molecule has 1 amide bonds. The summed E-state index contributed by atoms with van der Waals surface area (Å²) in [6.07, 6.45) is 1.68. The summed E-state index contributed by atoms with van der Waals surface area (Å²) in [7, 11) is 1.63. The highest BCUT2D eigenvalue weighted by Crippen LogP contribution is 2.26. The molecule has 0 saturated carbocycles. The molecule has 28 heavy (non-hydrogen) atoms. The highest BCUT2D eigenvalue weighted by atomic mass is 16.5. The minimum absolute atomic E-state index is 0.196. The number of aryl methyl sites for hydroxylation is 1. The fraction of sp³-hybridized carbons (Fsp3) is 0.217. The Labute approximate surface area is 166 Å². The fourth-order valence-corrected chi connectivity index (χ4v) is 3.04. The summed E-state index contributed by atoms with van der Waals surface area (Å²) in [6, 6.07) is 19.7. The Morgan fingerprint density at radius 3 is 2.50 bits per heavy atom. The molecule has 0 aliphatic rings. The number of hydrogen-bond acceptors (Lipinski definition) is 4. The molecule has 3 rings (SSSR count). The molecule has 0 saturated heterocycles. The van der Waals surface area contributed by atoms with Crippen LogP contribution in [0.1, 0.15) is 28.5 Å². The molecule has 2 aromatic carbocycles. The maximum atomic E-state index is 12.6. The molecule has 3 aromatic rings. The Hall–Kier alpha value is -3.34. The number of aromatic nitrogens is 1. The number of hydrogen-bond donors (Lipinski definition) is 1. The van der Waals surface area contributed by atoms with Crippen molar-refractivity contribution in [2.75, 3.05) is 18.6 Å². The van der Waals surface area contributed by atoms with Gasteiger partial charge in [-0.2, -0.15) is 0 Å². The lowest BCUT2D eigenvalue weighted by atomic mass is 10.2. The third-order valence-corrected chi connectivity index (χ3v) is 4.53. The largest absolute Gasteiger partial charge is 0.497 e. The van der Waals surface area contributed by atoms with Crippen LogP contribution >= 0.6 is 0 Å². The Morgan fingerprint density at radius 1 is 1.07 bits per heavy atom. The Balaban J connectivity index is 1.73. The number of amides is 1. The summed E-state index contributed by atoms with van der Waals surface area (Å²) in [6.45, 7) is 5.39. The highest BCUT2D eigenvalue weighted by molar-refractivity contribution is 5.93. The minimum Gasteiger partial charge on any atom is -0.497 e. The molecule has 1 heterocycles. The molecule has 0 bridgehead atoms. The van der Waals surface area contributed by atoms with E-state index in [9.17, 15) is 4.79 Å². The van der Waals surface area contributed by atoms with Gasteiger partial charge in [0.1, 0.15) is 11.4 Å². The number of methoxy groups -OCH3 is 1. The normalized spacial score (nSPS) is 10.4. The summed E-state index contributed by atoms with van der Waals surface area (Å²) in [5.74, 6) is 0.596. The number of nitrogens with zero attached hydrogens (tertiary/aromatic N) is 2. The van der Waals surface area contributed by atoms with Gasteiger partial charge < -0.3 is 15.0 Å². The molecule has 0 aliphatic heterocycles. The first kappa shape index (κ1) is 19.4. The first-order chi connectivity index (χ1) is 13.6. The predicted octanol–water partition coefficient (Wildman–Crippen LogP) is 4.49. The van der Waals surface area contributed by atoms with Crippen molar-refractivity contribution in [3.63, 3.8) is 0 Å². The number of rotatable bonds is 7. The number of benzene rings is 2. The van der Waals surface area contributed by atoms with Gasteiger partial charge in [0.25, 0.3) is 5.91 Å². The van der Waals surface area contributed by atoms with E-state index < -0.39 is 0 Å². The van der Waals surface area contributed by atoms with Crippen LogP contribution < -0.4 is 15.0 Å². The van der Waals surface area contributed by atoms with Gasteiger partial charge in [0, 0.05) is 30.7 Å². The van der Waals surface area contributed by atoms with E-state index in [4.69, 9.17) is 4.74 Å². The van der Waals surface area contributed by atoms with E-state index in [2.05, 4.69) is 47.2 Å². The van der Waals surface area contributed by atoms with Crippen LogP contribution in [0.15, 0.2) is 66.9 Å². The summed E-state index contributed by atoms with van der Waals surface area (Å²) in [4.78, 5) is 19.0. The van der Waals surface area contributed by atoms with Gasteiger partial charge in [-0.15, -0.1) is 0 Å². The van der Waals surface area contributed by atoms with Crippen molar-refractivity contribution >= 4 is 17.3 Å². The first-order valence-electron chi connectivity index (χ1n) is 9.32. The van der Waals surface area contributed by atoms with Crippen LogP contribution in [0.3, 0.4) is 0 Å². The van der Waals surface area contributed by atoms with Crippen LogP contribution in [-0.4, -0.2) is 24.5 Å². The van der Waals surface area contributed by atoms with Gasteiger partial charge in [-0.3, -0.25) is 9.78 Å². The molecular weight excluding hydrogens is 350 g/mol. The number of nitrogens with one attached hydrogen (secondary N) is 1. The molecule has 5 heteroatoms. The molecule has 1 aromatic heterocycles. The van der Waals surface area contributed by atoms with Gasteiger partial charge >= 0.3 is 0 Å². The molecule has 0 radical (unpaired) electrons. The molecule has 0 unspecified atom stereocenters. The Bertz CT molecular complexity index is 939. The van der Waals surface area contributed by atoms with Gasteiger partial charge in [0.15, 0.2) is 0 Å². The van der Waals surface area contributed by atoms with Crippen LogP contribution in [0.25, 0.3) is 0 Å². The van der Waals surface area contributed by atoms with E-state index in [1.807, 2.05) is 42.5 Å². The number of anilines is 2. The number of ether oxygens (including phenoxy) is 1.